The van der Waals surface area contributed by atoms with Crippen molar-refractivity contribution < 1.29 is 4.79 Å². The molecule has 0 N–H and O–H groups in total. The number of aromatic nitrogens is 3. The molecule has 0 aliphatic carbocycles. The number of carbonyl (C=O) groups is 1. The van der Waals surface area contributed by atoms with E-state index < -0.39 is 0 Å². The molecule has 2 aromatic heterocycles. The van der Waals surface area contributed by atoms with E-state index in [1.54, 1.807) is 22.7 Å². The van der Waals surface area contributed by atoms with Gasteiger partial charge in [-0.2, -0.15) is 0 Å². The van der Waals surface area contributed by atoms with Crippen LogP contribution < -0.4 is 0 Å². The summed E-state index contributed by atoms with van der Waals surface area (Å²) in [5, 5.41) is 5.50. The highest BCUT2D eigenvalue weighted by atomic mass is 32.1. The fraction of sp³-hybridized carbons (Fsp3) is 0.333. The van der Waals surface area contributed by atoms with Gasteiger partial charge in [0.15, 0.2) is 5.69 Å². The van der Waals surface area contributed by atoms with Gasteiger partial charge in [-0.05, 0) is 43.1 Å². The first kappa shape index (κ1) is 12.6. The van der Waals surface area contributed by atoms with Crippen molar-refractivity contribution >= 4 is 17.4 Å². The number of carbonyl (C=O) groups excluding carboxylic acids is 1. The zero-order chi connectivity index (χ0) is 13.0. The fourth-order valence-electron chi connectivity index (χ4n) is 1.58. The maximum Gasteiger partial charge on any atom is 0.275 e. The maximum absolute atomic E-state index is 12.3. The van der Waals surface area contributed by atoms with Crippen LogP contribution in [-0.4, -0.2) is 31.4 Å². The summed E-state index contributed by atoms with van der Waals surface area (Å²) in [5.41, 5.74) is 1.46. The average Bonchev–Trinajstić information content (AvgIpc) is 2.90. The zero-order valence-electron chi connectivity index (χ0n) is 10.3. The van der Waals surface area contributed by atoms with Gasteiger partial charge >= 0.3 is 0 Å². The third kappa shape index (κ3) is 2.89. The molecule has 2 aromatic rings. The summed E-state index contributed by atoms with van der Waals surface area (Å²) in [6, 6.07) is 3.91. The highest BCUT2D eigenvalue weighted by Gasteiger charge is 2.20. The number of hydrogen-bond acceptors (Lipinski definition) is 5. The molecule has 0 unspecified atom stereocenters. The van der Waals surface area contributed by atoms with E-state index in [9.17, 15) is 4.79 Å². The number of pyridine rings is 1. The largest absolute Gasteiger partial charge is 0.330 e. The minimum atomic E-state index is -0.0874. The van der Waals surface area contributed by atoms with Gasteiger partial charge in [0.1, 0.15) is 0 Å². The Balaban J connectivity index is 2.17. The first-order valence-electron chi connectivity index (χ1n) is 5.65. The number of nitrogens with zero attached hydrogens (tertiary/aromatic N) is 4. The van der Waals surface area contributed by atoms with Gasteiger partial charge in [0.25, 0.3) is 5.91 Å². The van der Waals surface area contributed by atoms with Gasteiger partial charge in [-0.1, -0.05) is 4.49 Å². The van der Waals surface area contributed by atoms with E-state index in [0.717, 1.165) is 5.56 Å². The minimum Gasteiger partial charge on any atom is -0.330 e. The Morgan fingerprint density at radius 2 is 2.11 bits per heavy atom. The summed E-state index contributed by atoms with van der Waals surface area (Å²) in [5.74, 6) is -0.0874. The molecule has 0 spiro atoms. The Morgan fingerprint density at radius 3 is 2.67 bits per heavy atom. The van der Waals surface area contributed by atoms with Crippen LogP contribution in [0.4, 0.5) is 0 Å². The van der Waals surface area contributed by atoms with Crippen LogP contribution in [0.1, 0.15) is 29.9 Å². The Morgan fingerprint density at radius 1 is 1.39 bits per heavy atom. The van der Waals surface area contributed by atoms with E-state index in [4.69, 9.17) is 0 Å². The predicted molar refractivity (Wildman–Crippen MR) is 69.2 cm³/mol. The van der Waals surface area contributed by atoms with Crippen molar-refractivity contribution in [2.24, 2.45) is 0 Å². The standard InChI is InChI=1S/C12H14N4OS/c1-9(2)16(7-10-3-5-13-6-4-10)12(17)11-8-18-15-14-11/h3-6,8-9H,7H2,1-2H3. The van der Waals surface area contributed by atoms with Crippen LogP contribution in [-0.2, 0) is 6.54 Å². The van der Waals surface area contributed by atoms with Crippen molar-refractivity contribution in [2.75, 3.05) is 0 Å². The SMILES string of the molecule is CC(C)N(Cc1ccncc1)C(=O)c1csnn1. The molecule has 0 bridgehead atoms. The predicted octanol–water partition coefficient (Wildman–Crippen LogP) is 1.98. The lowest BCUT2D eigenvalue weighted by molar-refractivity contribution is 0.0684. The summed E-state index contributed by atoms with van der Waals surface area (Å²) in [4.78, 5) is 18.0. The Kier molecular flexibility index (Phi) is 3.99. The van der Waals surface area contributed by atoms with E-state index >= 15 is 0 Å². The van der Waals surface area contributed by atoms with Gasteiger partial charge in [0, 0.05) is 30.4 Å². The summed E-state index contributed by atoms with van der Waals surface area (Å²) < 4.78 is 3.73. The molecule has 2 heterocycles. The first-order chi connectivity index (χ1) is 8.68. The highest BCUT2D eigenvalue weighted by Crippen LogP contribution is 2.12. The van der Waals surface area contributed by atoms with Gasteiger partial charge in [-0.25, -0.2) is 0 Å². The van der Waals surface area contributed by atoms with Crippen molar-refractivity contribution in [3.8, 4) is 0 Å². The van der Waals surface area contributed by atoms with Gasteiger partial charge in [-0.15, -0.1) is 5.10 Å². The van der Waals surface area contributed by atoms with Crippen molar-refractivity contribution in [2.45, 2.75) is 26.4 Å². The molecule has 5 nitrogen and oxygen atoms in total. The monoisotopic (exact) mass is 262 g/mol. The molecule has 6 heteroatoms. The molecule has 94 valence electrons. The molecule has 0 saturated carbocycles. The summed E-state index contributed by atoms with van der Waals surface area (Å²) >= 11 is 1.18. The zero-order valence-corrected chi connectivity index (χ0v) is 11.1. The highest BCUT2D eigenvalue weighted by molar-refractivity contribution is 7.03. The van der Waals surface area contributed by atoms with Gasteiger partial charge in [0.2, 0.25) is 0 Å². The fourth-order valence-corrected chi connectivity index (χ4v) is 2.01. The van der Waals surface area contributed by atoms with E-state index in [1.807, 2.05) is 26.0 Å². The molecule has 0 saturated heterocycles. The molecular formula is C12H14N4OS. The number of hydrogen-bond donors (Lipinski definition) is 0. The molecular weight excluding hydrogens is 248 g/mol. The minimum absolute atomic E-state index is 0.0874. The smallest absolute Gasteiger partial charge is 0.275 e. The van der Waals surface area contributed by atoms with Crippen LogP contribution in [0.2, 0.25) is 0 Å². The van der Waals surface area contributed by atoms with Crippen LogP contribution in [0.15, 0.2) is 29.9 Å². The van der Waals surface area contributed by atoms with Crippen molar-refractivity contribution in [1.82, 2.24) is 19.5 Å². The molecule has 0 radical (unpaired) electrons. The summed E-state index contributed by atoms with van der Waals surface area (Å²) in [6.45, 7) is 4.52. The Hall–Kier alpha value is -1.82. The number of amides is 1. The third-order valence-corrected chi connectivity index (χ3v) is 3.07. The van der Waals surface area contributed by atoms with E-state index in [0.29, 0.717) is 12.2 Å². The van der Waals surface area contributed by atoms with Crippen molar-refractivity contribution in [3.63, 3.8) is 0 Å². The second-order valence-corrected chi connectivity index (χ2v) is 4.78. The van der Waals surface area contributed by atoms with Crippen LogP contribution in [0.3, 0.4) is 0 Å². The Bertz CT molecular complexity index is 498. The maximum atomic E-state index is 12.3. The molecule has 18 heavy (non-hydrogen) atoms. The van der Waals surface area contributed by atoms with E-state index in [1.165, 1.54) is 11.5 Å². The van der Waals surface area contributed by atoms with Crippen molar-refractivity contribution in [3.05, 3.63) is 41.2 Å². The Labute approximate surface area is 110 Å². The van der Waals surface area contributed by atoms with Crippen LogP contribution in [0.25, 0.3) is 0 Å². The molecule has 2 rings (SSSR count). The van der Waals surface area contributed by atoms with Crippen LogP contribution in [0, 0.1) is 0 Å². The molecule has 0 aliphatic rings. The topological polar surface area (TPSA) is 59.0 Å². The lowest BCUT2D eigenvalue weighted by atomic mass is 10.2. The molecule has 0 aromatic carbocycles. The van der Waals surface area contributed by atoms with Gasteiger partial charge in [0.05, 0.1) is 0 Å². The first-order valence-corrected chi connectivity index (χ1v) is 6.49. The second kappa shape index (κ2) is 5.68. The number of rotatable bonds is 4. The second-order valence-electron chi connectivity index (χ2n) is 4.17. The lowest BCUT2D eigenvalue weighted by Gasteiger charge is -2.25. The summed E-state index contributed by atoms with van der Waals surface area (Å²) in [6.07, 6.45) is 3.45. The van der Waals surface area contributed by atoms with Gasteiger partial charge < -0.3 is 4.90 Å². The van der Waals surface area contributed by atoms with Crippen LogP contribution in [0.5, 0.6) is 0 Å². The van der Waals surface area contributed by atoms with Crippen LogP contribution >= 0.6 is 11.5 Å². The van der Waals surface area contributed by atoms with Gasteiger partial charge in [-0.3, -0.25) is 9.78 Å². The van der Waals surface area contributed by atoms with Crippen molar-refractivity contribution in [1.29, 1.82) is 0 Å². The third-order valence-electron chi connectivity index (χ3n) is 2.57. The molecule has 0 atom stereocenters. The quantitative estimate of drug-likeness (QED) is 0.845. The molecule has 1 amide bonds. The molecule has 0 aliphatic heterocycles. The lowest BCUT2D eigenvalue weighted by Crippen LogP contribution is -2.36. The summed E-state index contributed by atoms with van der Waals surface area (Å²) in [7, 11) is 0. The van der Waals surface area contributed by atoms with E-state index in [2.05, 4.69) is 14.6 Å². The molecule has 0 fully saturated rings. The normalized spacial score (nSPS) is 10.6. The van der Waals surface area contributed by atoms with E-state index in [-0.39, 0.29) is 11.9 Å². The average molecular weight is 262 g/mol.